The third kappa shape index (κ3) is 5.04. The zero-order chi connectivity index (χ0) is 24.6. The topological polar surface area (TPSA) is 105 Å². The molecular formula is C24H29ClN4O5. The number of halogens is 1. The van der Waals surface area contributed by atoms with E-state index in [1.54, 1.807) is 34.1 Å². The molecule has 1 aromatic heterocycles. The van der Waals surface area contributed by atoms with Crippen LogP contribution in [0.5, 0.6) is 0 Å². The summed E-state index contributed by atoms with van der Waals surface area (Å²) in [6.45, 7) is 7.67. The third-order valence-corrected chi connectivity index (χ3v) is 6.34. The summed E-state index contributed by atoms with van der Waals surface area (Å²) in [6.07, 6.45) is 1.64. The van der Waals surface area contributed by atoms with Gasteiger partial charge in [0.2, 0.25) is 0 Å². The predicted molar refractivity (Wildman–Crippen MR) is 126 cm³/mol. The number of ether oxygens (including phenoxy) is 1. The highest BCUT2D eigenvalue weighted by Crippen LogP contribution is 2.29. The normalized spacial score (nSPS) is 17.0. The van der Waals surface area contributed by atoms with E-state index in [4.69, 9.17) is 16.3 Å². The molecule has 0 unspecified atom stereocenters. The number of likely N-dealkylation sites (tertiary alicyclic amines) is 1. The fraction of sp³-hybridized carbons (Fsp3) is 0.500. The molecule has 0 bridgehead atoms. The Hall–Kier alpha value is -3.07. The molecule has 1 saturated heterocycles. The minimum atomic E-state index is -1.16. The number of carbonyl (C=O) groups is 3. The van der Waals surface area contributed by atoms with E-state index in [1.807, 2.05) is 20.8 Å². The van der Waals surface area contributed by atoms with E-state index in [0.29, 0.717) is 48.9 Å². The molecule has 0 aliphatic carbocycles. The van der Waals surface area contributed by atoms with E-state index in [-0.39, 0.29) is 29.3 Å². The number of piperidine rings is 1. The van der Waals surface area contributed by atoms with Crippen LogP contribution < -0.4 is 0 Å². The Balaban J connectivity index is 1.49. The Kier molecular flexibility index (Phi) is 6.58. The number of hydrogen-bond donors (Lipinski definition) is 1. The van der Waals surface area contributed by atoms with Crippen molar-refractivity contribution in [1.29, 1.82) is 0 Å². The Morgan fingerprint density at radius 2 is 1.91 bits per heavy atom. The molecule has 0 saturated carbocycles. The lowest BCUT2D eigenvalue weighted by atomic mass is 9.94. The van der Waals surface area contributed by atoms with Crippen LogP contribution in [0.4, 0.5) is 4.79 Å². The van der Waals surface area contributed by atoms with Crippen LogP contribution in [0, 0.1) is 5.92 Å². The Bertz CT molecular complexity index is 1120. The van der Waals surface area contributed by atoms with E-state index in [9.17, 15) is 19.5 Å². The number of benzene rings is 1. The summed E-state index contributed by atoms with van der Waals surface area (Å²) in [7, 11) is 0. The van der Waals surface area contributed by atoms with E-state index in [2.05, 4.69) is 5.10 Å². The maximum absolute atomic E-state index is 13.5. The first kappa shape index (κ1) is 24.1. The maximum Gasteiger partial charge on any atom is 0.410 e. The Morgan fingerprint density at radius 3 is 2.53 bits per heavy atom. The third-order valence-electron chi connectivity index (χ3n) is 6.11. The van der Waals surface area contributed by atoms with Crippen LogP contribution in [0.1, 0.15) is 60.2 Å². The number of aromatic nitrogens is 2. The van der Waals surface area contributed by atoms with Gasteiger partial charge >= 0.3 is 12.1 Å². The molecule has 1 aromatic carbocycles. The van der Waals surface area contributed by atoms with Crippen molar-refractivity contribution in [3.63, 3.8) is 0 Å². The van der Waals surface area contributed by atoms with E-state index in [0.717, 1.165) is 12.8 Å². The molecule has 0 spiro atoms. The van der Waals surface area contributed by atoms with Crippen molar-refractivity contribution in [3.05, 3.63) is 46.2 Å². The predicted octanol–water partition coefficient (Wildman–Crippen LogP) is 3.87. The number of aromatic carboxylic acids is 1. The Morgan fingerprint density at radius 1 is 1.21 bits per heavy atom. The highest BCUT2D eigenvalue weighted by molar-refractivity contribution is 6.30. The summed E-state index contributed by atoms with van der Waals surface area (Å²) in [6, 6.07) is 6.83. The molecule has 4 rings (SSSR count). The Labute approximate surface area is 203 Å². The molecule has 0 radical (unpaired) electrons. The van der Waals surface area contributed by atoms with Gasteiger partial charge < -0.3 is 19.6 Å². The van der Waals surface area contributed by atoms with Gasteiger partial charge in [0.15, 0.2) is 5.69 Å². The van der Waals surface area contributed by atoms with Gasteiger partial charge in [-0.2, -0.15) is 5.10 Å². The second kappa shape index (κ2) is 9.29. The molecule has 2 aliphatic heterocycles. The van der Waals surface area contributed by atoms with Gasteiger partial charge in [-0.15, -0.1) is 0 Å². The van der Waals surface area contributed by atoms with Gasteiger partial charge in [0, 0.05) is 36.8 Å². The summed E-state index contributed by atoms with van der Waals surface area (Å²) in [4.78, 5) is 41.1. The smallest absolute Gasteiger partial charge is 0.410 e. The van der Waals surface area contributed by atoms with Gasteiger partial charge in [-0.05, 0) is 64.2 Å². The van der Waals surface area contributed by atoms with Crippen LogP contribution in [0.3, 0.4) is 0 Å². The number of amides is 2. The van der Waals surface area contributed by atoms with Crippen LogP contribution in [-0.4, -0.2) is 74.4 Å². The number of carbonyl (C=O) groups excluding carboxylic acids is 2. The lowest BCUT2D eigenvalue weighted by Crippen LogP contribution is -2.46. The number of hydrogen-bond acceptors (Lipinski definition) is 5. The first-order chi connectivity index (χ1) is 16.0. The first-order valence-corrected chi connectivity index (χ1v) is 11.8. The molecule has 3 heterocycles. The number of fused-ring (bicyclic) bond motifs is 1. The standard InChI is InChI=1S/C24H29ClN4O5/c1-24(2,3)34-23(33)27-10-7-15(8-11-27)14-28-12-9-18-19(22(31)32)26-29(20(18)21(28)30)17-6-4-5-16(25)13-17/h4-6,13,15H,7-12,14H2,1-3H3,(H,31,32). The van der Waals surface area contributed by atoms with Gasteiger partial charge in [-0.3, -0.25) is 4.79 Å². The molecule has 2 aromatic rings. The van der Waals surface area contributed by atoms with Crippen molar-refractivity contribution >= 4 is 29.6 Å². The second-order valence-corrected chi connectivity index (χ2v) is 10.2. The summed E-state index contributed by atoms with van der Waals surface area (Å²) in [5.74, 6) is -1.16. The monoisotopic (exact) mass is 488 g/mol. The van der Waals surface area contributed by atoms with Crippen molar-refractivity contribution in [2.45, 2.75) is 45.6 Å². The summed E-state index contributed by atoms with van der Waals surface area (Å²) in [5.41, 5.74) is 0.628. The van der Waals surface area contributed by atoms with Gasteiger partial charge in [0.25, 0.3) is 5.91 Å². The largest absolute Gasteiger partial charge is 0.476 e. The summed E-state index contributed by atoms with van der Waals surface area (Å²) >= 11 is 6.12. The average molecular weight is 489 g/mol. The van der Waals surface area contributed by atoms with Gasteiger partial charge in [0.05, 0.1) is 5.69 Å². The lowest BCUT2D eigenvalue weighted by Gasteiger charge is -2.36. The number of carboxylic acids is 1. The zero-order valence-corrected chi connectivity index (χ0v) is 20.3. The summed E-state index contributed by atoms with van der Waals surface area (Å²) in [5, 5.41) is 14.4. The van der Waals surface area contributed by atoms with Crippen molar-refractivity contribution < 1.29 is 24.2 Å². The van der Waals surface area contributed by atoms with E-state index in [1.165, 1.54) is 4.68 Å². The van der Waals surface area contributed by atoms with Crippen LogP contribution in [0.25, 0.3) is 5.69 Å². The molecular weight excluding hydrogens is 460 g/mol. The van der Waals surface area contributed by atoms with Gasteiger partial charge in [-0.25, -0.2) is 14.3 Å². The molecule has 9 nitrogen and oxygen atoms in total. The van der Waals surface area contributed by atoms with Crippen molar-refractivity contribution in [2.24, 2.45) is 5.92 Å². The van der Waals surface area contributed by atoms with Gasteiger partial charge in [0.1, 0.15) is 11.3 Å². The number of nitrogens with zero attached hydrogens (tertiary/aromatic N) is 4. The fourth-order valence-electron chi connectivity index (χ4n) is 4.48. The summed E-state index contributed by atoms with van der Waals surface area (Å²) < 4.78 is 6.85. The van der Waals surface area contributed by atoms with Crippen molar-refractivity contribution in [1.82, 2.24) is 19.6 Å². The van der Waals surface area contributed by atoms with Crippen molar-refractivity contribution in [2.75, 3.05) is 26.2 Å². The molecule has 2 amide bonds. The maximum atomic E-state index is 13.5. The number of carboxylic acid groups (broad SMARTS) is 1. The van der Waals surface area contributed by atoms with E-state index < -0.39 is 11.6 Å². The quantitative estimate of drug-likeness (QED) is 0.700. The van der Waals surface area contributed by atoms with Crippen LogP contribution in [0.15, 0.2) is 24.3 Å². The minimum Gasteiger partial charge on any atom is -0.476 e. The zero-order valence-electron chi connectivity index (χ0n) is 19.6. The lowest BCUT2D eigenvalue weighted by molar-refractivity contribution is 0.0165. The average Bonchev–Trinajstić information content (AvgIpc) is 3.16. The van der Waals surface area contributed by atoms with Crippen LogP contribution in [-0.2, 0) is 11.2 Å². The highest BCUT2D eigenvalue weighted by atomic mass is 35.5. The fourth-order valence-corrected chi connectivity index (χ4v) is 4.67. The minimum absolute atomic E-state index is 0.103. The molecule has 2 aliphatic rings. The van der Waals surface area contributed by atoms with Crippen LogP contribution >= 0.6 is 11.6 Å². The van der Waals surface area contributed by atoms with Crippen LogP contribution in [0.2, 0.25) is 5.02 Å². The SMILES string of the molecule is CC(C)(C)OC(=O)N1CCC(CN2CCc3c(C(=O)O)nn(-c4cccc(Cl)c4)c3C2=O)CC1. The highest BCUT2D eigenvalue weighted by Gasteiger charge is 2.36. The molecule has 0 atom stereocenters. The van der Waals surface area contributed by atoms with Gasteiger partial charge in [-0.1, -0.05) is 17.7 Å². The molecule has 1 fully saturated rings. The molecule has 182 valence electrons. The molecule has 1 N–H and O–H groups in total. The number of rotatable bonds is 4. The first-order valence-electron chi connectivity index (χ1n) is 11.4. The molecule has 10 heteroatoms. The molecule has 34 heavy (non-hydrogen) atoms. The van der Waals surface area contributed by atoms with E-state index >= 15 is 0 Å². The van der Waals surface area contributed by atoms with Crippen molar-refractivity contribution in [3.8, 4) is 5.69 Å². The second-order valence-electron chi connectivity index (χ2n) is 9.78.